The molecule has 2 rings (SSSR count). The van der Waals surface area contributed by atoms with Crippen molar-refractivity contribution in [1.82, 2.24) is 0 Å². The van der Waals surface area contributed by atoms with Gasteiger partial charge in [-0.2, -0.15) is 0 Å². The highest BCUT2D eigenvalue weighted by Gasteiger charge is 2.47. The molecule has 1 aromatic carbocycles. The summed E-state index contributed by atoms with van der Waals surface area (Å²) < 4.78 is 20.9. The van der Waals surface area contributed by atoms with Crippen molar-refractivity contribution in [2.75, 3.05) is 13.7 Å². The summed E-state index contributed by atoms with van der Waals surface area (Å²) in [7, 11) is 1.59. The van der Waals surface area contributed by atoms with Gasteiger partial charge in [-0.1, -0.05) is 26.0 Å². The van der Waals surface area contributed by atoms with Crippen LogP contribution in [0.15, 0.2) is 24.3 Å². The molecule has 0 N–H and O–H groups in total. The Morgan fingerprint density at radius 2 is 2.17 bits per heavy atom. The van der Waals surface area contributed by atoms with E-state index in [0.717, 1.165) is 11.3 Å². The molecule has 0 aromatic heterocycles. The van der Waals surface area contributed by atoms with Crippen LogP contribution in [0.3, 0.4) is 0 Å². The zero-order chi connectivity index (χ0) is 17.0. The zero-order valence-electron chi connectivity index (χ0n) is 13.8. The van der Waals surface area contributed by atoms with Crippen molar-refractivity contribution in [1.29, 1.82) is 0 Å². The Bertz CT molecular complexity index is 580. The lowest BCUT2D eigenvalue weighted by atomic mass is 9.90. The third-order valence-electron chi connectivity index (χ3n) is 3.71. The largest absolute Gasteiger partial charge is 0.497 e. The first-order chi connectivity index (χ1) is 10.8. The van der Waals surface area contributed by atoms with E-state index < -0.39 is 29.6 Å². The van der Waals surface area contributed by atoms with Gasteiger partial charge in [-0.25, -0.2) is 9.59 Å². The lowest BCUT2D eigenvalue weighted by Crippen LogP contribution is -2.38. The Hall–Kier alpha value is -2.08. The minimum atomic E-state index is -0.891. The number of hydrogen-bond acceptors (Lipinski definition) is 6. The number of cyclic esters (lactones) is 1. The van der Waals surface area contributed by atoms with Crippen LogP contribution >= 0.6 is 0 Å². The van der Waals surface area contributed by atoms with Crippen LogP contribution in [0.5, 0.6) is 5.75 Å². The van der Waals surface area contributed by atoms with E-state index in [1.54, 1.807) is 14.0 Å². The molecule has 0 aliphatic carbocycles. The summed E-state index contributed by atoms with van der Waals surface area (Å²) >= 11 is 0. The maximum atomic E-state index is 12.1. The van der Waals surface area contributed by atoms with Crippen LogP contribution in [0, 0.1) is 5.41 Å². The number of hydrogen-bond donors (Lipinski definition) is 0. The lowest BCUT2D eigenvalue weighted by molar-refractivity contribution is -0.172. The van der Waals surface area contributed by atoms with Gasteiger partial charge in [-0.05, 0) is 24.6 Å². The van der Waals surface area contributed by atoms with Crippen molar-refractivity contribution in [3.05, 3.63) is 29.8 Å². The van der Waals surface area contributed by atoms with Crippen LogP contribution in [0.2, 0.25) is 0 Å². The standard InChI is InChI=1S/C17H22O6/c1-11(21-9-12-6-5-7-13(8-12)20-4)15(18)23-14-16(19)22-10-17(14,2)3/h5-8,11,14H,9-10H2,1-4H3/t11-,14-/m0/s1. The average molecular weight is 322 g/mol. The molecular formula is C17H22O6. The number of ether oxygens (including phenoxy) is 4. The number of methoxy groups -OCH3 is 1. The van der Waals surface area contributed by atoms with E-state index >= 15 is 0 Å². The smallest absolute Gasteiger partial charge is 0.348 e. The summed E-state index contributed by atoms with van der Waals surface area (Å²) in [6.07, 6.45) is -1.68. The van der Waals surface area contributed by atoms with Crippen LogP contribution in [0.25, 0.3) is 0 Å². The van der Waals surface area contributed by atoms with E-state index in [9.17, 15) is 9.59 Å². The first-order valence-corrected chi connectivity index (χ1v) is 7.45. The fourth-order valence-electron chi connectivity index (χ4n) is 2.20. The van der Waals surface area contributed by atoms with E-state index in [4.69, 9.17) is 18.9 Å². The lowest BCUT2D eigenvalue weighted by Gasteiger charge is -2.23. The summed E-state index contributed by atoms with van der Waals surface area (Å²) in [5, 5.41) is 0. The minimum absolute atomic E-state index is 0.239. The second kappa shape index (κ2) is 7.00. The number of benzene rings is 1. The van der Waals surface area contributed by atoms with Gasteiger partial charge < -0.3 is 18.9 Å². The van der Waals surface area contributed by atoms with Gasteiger partial charge in [0.25, 0.3) is 0 Å². The minimum Gasteiger partial charge on any atom is -0.497 e. The third kappa shape index (κ3) is 4.22. The van der Waals surface area contributed by atoms with E-state index in [1.165, 1.54) is 0 Å². The van der Waals surface area contributed by atoms with Crippen molar-refractivity contribution in [3.63, 3.8) is 0 Å². The molecule has 0 spiro atoms. The molecule has 23 heavy (non-hydrogen) atoms. The van der Waals surface area contributed by atoms with Crippen molar-refractivity contribution < 1.29 is 28.5 Å². The predicted octanol–water partition coefficient (Wildman–Crippen LogP) is 2.10. The third-order valence-corrected chi connectivity index (χ3v) is 3.71. The molecule has 0 saturated carbocycles. The fraction of sp³-hybridized carbons (Fsp3) is 0.529. The number of rotatable bonds is 6. The summed E-state index contributed by atoms with van der Waals surface area (Å²) in [5.74, 6) is -0.370. The Kier molecular flexibility index (Phi) is 5.26. The molecule has 1 aliphatic heterocycles. The molecule has 1 aliphatic rings. The summed E-state index contributed by atoms with van der Waals surface area (Å²) in [5.41, 5.74) is 0.351. The number of carbonyl (C=O) groups excluding carboxylic acids is 2. The quantitative estimate of drug-likeness (QED) is 0.747. The van der Waals surface area contributed by atoms with Crippen molar-refractivity contribution in [2.24, 2.45) is 5.41 Å². The maximum absolute atomic E-state index is 12.1. The molecule has 1 heterocycles. The van der Waals surface area contributed by atoms with Crippen LogP contribution in [0.4, 0.5) is 0 Å². The van der Waals surface area contributed by atoms with Gasteiger partial charge in [0.1, 0.15) is 12.4 Å². The van der Waals surface area contributed by atoms with Gasteiger partial charge in [0.2, 0.25) is 6.10 Å². The molecule has 0 bridgehead atoms. The van der Waals surface area contributed by atoms with Crippen molar-refractivity contribution in [3.8, 4) is 5.75 Å². The second-order valence-corrected chi connectivity index (χ2v) is 6.22. The Labute approximate surface area is 135 Å². The van der Waals surface area contributed by atoms with Crippen LogP contribution < -0.4 is 4.74 Å². The molecule has 126 valence electrons. The van der Waals surface area contributed by atoms with Gasteiger partial charge in [0.15, 0.2) is 6.10 Å². The fourth-order valence-corrected chi connectivity index (χ4v) is 2.20. The molecule has 6 nitrogen and oxygen atoms in total. The van der Waals surface area contributed by atoms with Gasteiger partial charge >= 0.3 is 11.9 Å². The van der Waals surface area contributed by atoms with Gasteiger partial charge in [-0.3, -0.25) is 0 Å². The summed E-state index contributed by atoms with van der Waals surface area (Å²) in [4.78, 5) is 23.7. The van der Waals surface area contributed by atoms with Crippen molar-refractivity contribution >= 4 is 11.9 Å². The number of esters is 2. The Morgan fingerprint density at radius 3 is 2.78 bits per heavy atom. The van der Waals surface area contributed by atoms with Crippen LogP contribution in [-0.4, -0.2) is 37.9 Å². The number of carbonyl (C=O) groups is 2. The van der Waals surface area contributed by atoms with E-state index in [2.05, 4.69) is 0 Å². The van der Waals surface area contributed by atoms with Gasteiger partial charge in [0, 0.05) is 5.41 Å². The molecule has 1 saturated heterocycles. The molecule has 1 fully saturated rings. The normalized spacial score (nSPS) is 20.7. The topological polar surface area (TPSA) is 71.1 Å². The molecule has 6 heteroatoms. The maximum Gasteiger partial charge on any atom is 0.348 e. The second-order valence-electron chi connectivity index (χ2n) is 6.22. The predicted molar refractivity (Wildman–Crippen MR) is 81.9 cm³/mol. The first-order valence-electron chi connectivity index (χ1n) is 7.45. The Balaban J connectivity index is 1.88. The highest BCUT2D eigenvalue weighted by Crippen LogP contribution is 2.31. The zero-order valence-corrected chi connectivity index (χ0v) is 13.8. The SMILES string of the molecule is COc1cccc(CO[C@@H](C)C(=O)O[C@H]2C(=O)OCC2(C)C)c1. The molecular weight excluding hydrogens is 300 g/mol. The monoisotopic (exact) mass is 322 g/mol. The Morgan fingerprint density at radius 1 is 1.43 bits per heavy atom. The molecule has 0 amide bonds. The van der Waals surface area contributed by atoms with E-state index in [-0.39, 0.29) is 13.2 Å². The highest BCUT2D eigenvalue weighted by molar-refractivity contribution is 5.83. The molecule has 1 aromatic rings. The molecule has 2 atom stereocenters. The molecule has 0 unspecified atom stereocenters. The van der Waals surface area contributed by atoms with Crippen LogP contribution in [-0.2, 0) is 30.4 Å². The van der Waals surface area contributed by atoms with E-state index in [1.807, 2.05) is 38.1 Å². The first kappa shape index (κ1) is 17.3. The van der Waals surface area contributed by atoms with Crippen LogP contribution in [0.1, 0.15) is 26.3 Å². The summed E-state index contributed by atoms with van der Waals surface area (Å²) in [6, 6.07) is 7.38. The van der Waals surface area contributed by atoms with Gasteiger partial charge in [0.05, 0.1) is 13.7 Å². The average Bonchev–Trinajstić information content (AvgIpc) is 2.79. The summed E-state index contributed by atoms with van der Waals surface area (Å²) in [6.45, 7) is 5.71. The van der Waals surface area contributed by atoms with Crippen molar-refractivity contribution in [2.45, 2.75) is 39.6 Å². The molecule has 0 radical (unpaired) electrons. The van der Waals surface area contributed by atoms with Gasteiger partial charge in [-0.15, -0.1) is 0 Å². The van der Waals surface area contributed by atoms with E-state index in [0.29, 0.717) is 0 Å². The highest BCUT2D eigenvalue weighted by atomic mass is 16.6.